The van der Waals surface area contributed by atoms with Crippen LogP contribution in [0.2, 0.25) is 0 Å². The lowest BCUT2D eigenvalue weighted by Crippen LogP contribution is -2.42. The molecule has 29 heavy (non-hydrogen) atoms. The monoisotopic (exact) mass is 407 g/mol. The maximum atomic E-state index is 6.16. The molecule has 2 heterocycles. The van der Waals surface area contributed by atoms with Gasteiger partial charge in [0.2, 0.25) is 0 Å². The van der Waals surface area contributed by atoms with Crippen LogP contribution in [0.1, 0.15) is 37.4 Å². The Labute approximate surface area is 176 Å². The summed E-state index contributed by atoms with van der Waals surface area (Å²) in [4.78, 5) is 4.45. The number of anilines is 1. The topological polar surface area (TPSA) is 55.4 Å². The Morgan fingerprint density at radius 3 is 2.86 bits per heavy atom. The highest BCUT2D eigenvalue weighted by Gasteiger charge is 2.34. The van der Waals surface area contributed by atoms with E-state index in [2.05, 4.69) is 48.5 Å². The minimum Gasteiger partial charge on any atom is -0.494 e. The minimum atomic E-state index is -0.272. The van der Waals surface area contributed by atoms with Crippen LogP contribution in [0.15, 0.2) is 48.7 Å². The molecule has 6 heteroatoms. The number of nitrogens with one attached hydrogen (secondary N) is 2. The van der Waals surface area contributed by atoms with Crippen molar-refractivity contribution in [2.24, 2.45) is 0 Å². The molecule has 2 N–H and O–H groups in total. The molecule has 1 aromatic heterocycles. The molecule has 0 saturated carbocycles. The molecule has 0 fully saturated rings. The molecule has 4 rings (SSSR count). The van der Waals surface area contributed by atoms with Crippen LogP contribution in [0.25, 0.3) is 10.9 Å². The summed E-state index contributed by atoms with van der Waals surface area (Å²) in [7, 11) is 1.65. The number of nitrogens with zero attached hydrogens (tertiary/aromatic N) is 1. The third kappa shape index (κ3) is 3.98. The number of rotatable bonds is 3. The van der Waals surface area contributed by atoms with Crippen LogP contribution in [-0.4, -0.2) is 22.8 Å². The summed E-state index contributed by atoms with van der Waals surface area (Å²) in [6, 6.07) is 14.1. The van der Waals surface area contributed by atoms with Gasteiger partial charge in [0.25, 0.3) is 0 Å². The molecule has 0 bridgehead atoms. The first-order valence-electron chi connectivity index (χ1n) is 9.65. The van der Waals surface area contributed by atoms with Crippen LogP contribution in [0.5, 0.6) is 11.5 Å². The third-order valence-electron chi connectivity index (χ3n) is 5.13. The predicted molar refractivity (Wildman–Crippen MR) is 121 cm³/mol. The molecule has 0 aliphatic carbocycles. The number of hydrogen-bond donors (Lipinski definition) is 2. The van der Waals surface area contributed by atoms with Crippen molar-refractivity contribution in [1.82, 2.24) is 10.3 Å². The fourth-order valence-electron chi connectivity index (χ4n) is 3.84. The van der Waals surface area contributed by atoms with Crippen LogP contribution in [0.3, 0.4) is 0 Å². The molecule has 150 valence electrons. The van der Waals surface area contributed by atoms with Crippen LogP contribution < -0.4 is 20.1 Å². The normalized spacial score (nSPS) is 17.2. The van der Waals surface area contributed by atoms with Crippen LogP contribution >= 0.6 is 12.2 Å². The highest BCUT2D eigenvalue weighted by Crippen LogP contribution is 2.40. The Morgan fingerprint density at radius 1 is 1.24 bits per heavy atom. The van der Waals surface area contributed by atoms with E-state index in [1.807, 2.05) is 30.3 Å². The van der Waals surface area contributed by atoms with E-state index in [0.717, 1.165) is 40.1 Å². The van der Waals surface area contributed by atoms with Gasteiger partial charge in [-0.3, -0.25) is 4.98 Å². The molecule has 2 aromatic carbocycles. The van der Waals surface area contributed by atoms with Gasteiger partial charge in [0.15, 0.2) is 5.11 Å². The van der Waals surface area contributed by atoms with Gasteiger partial charge in [0, 0.05) is 29.3 Å². The Morgan fingerprint density at radius 2 is 2.07 bits per heavy atom. The summed E-state index contributed by atoms with van der Waals surface area (Å²) < 4.78 is 11.6. The van der Waals surface area contributed by atoms with E-state index < -0.39 is 0 Å². The number of ether oxygens (including phenoxy) is 2. The molecule has 0 unspecified atom stereocenters. The fourth-order valence-corrected chi connectivity index (χ4v) is 4.09. The molecular weight excluding hydrogens is 382 g/mol. The van der Waals surface area contributed by atoms with Crippen molar-refractivity contribution in [1.29, 1.82) is 0 Å². The van der Waals surface area contributed by atoms with Gasteiger partial charge < -0.3 is 20.1 Å². The lowest BCUT2D eigenvalue weighted by molar-refractivity contribution is 0.0696. The number of methoxy groups -OCH3 is 1. The van der Waals surface area contributed by atoms with E-state index in [-0.39, 0.29) is 11.6 Å². The van der Waals surface area contributed by atoms with Crippen LogP contribution in [0.4, 0.5) is 5.69 Å². The number of pyridine rings is 1. The summed E-state index contributed by atoms with van der Waals surface area (Å²) in [6.07, 6.45) is 2.57. The SMILES string of the molecule is COc1ccc(NC(=S)N[C@@H]2CC(C)(C)Oc3ccc(C)cc32)c2cccnc12. The number of fused-ring (bicyclic) bond motifs is 2. The standard InChI is InChI=1S/C23H25N3O2S/c1-14-7-9-19-16(12-14)18(13-23(2,3)28-19)26-22(29)25-17-8-10-20(27-4)21-15(17)6-5-11-24-21/h5-12,18H,13H2,1-4H3,(H2,25,26,29)/t18-/m1/s1. The van der Waals surface area contributed by atoms with E-state index in [4.69, 9.17) is 21.7 Å². The number of thiocarbonyl (C=S) groups is 1. The molecule has 1 aliphatic rings. The zero-order chi connectivity index (χ0) is 20.6. The van der Waals surface area contributed by atoms with Crippen molar-refractivity contribution < 1.29 is 9.47 Å². The van der Waals surface area contributed by atoms with E-state index in [1.165, 1.54) is 5.56 Å². The first kappa shape index (κ1) is 19.5. The van der Waals surface area contributed by atoms with Crippen LogP contribution in [-0.2, 0) is 0 Å². The lowest BCUT2D eigenvalue weighted by Gasteiger charge is -2.38. The average Bonchev–Trinajstić information content (AvgIpc) is 2.68. The molecule has 0 radical (unpaired) electrons. The number of aromatic nitrogens is 1. The van der Waals surface area contributed by atoms with Gasteiger partial charge in [-0.05, 0) is 63.3 Å². The van der Waals surface area contributed by atoms with Gasteiger partial charge in [-0.1, -0.05) is 17.7 Å². The summed E-state index contributed by atoms with van der Waals surface area (Å²) in [5, 5.41) is 8.35. The van der Waals surface area contributed by atoms with Crippen molar-refractivity contribution in [2.45, 2.75) is 38.8 Å². The van der Waals surface area contributed by atoms with Gasteiger partial charge in [0.1, 0.15) is 22.6 Å². The van der Waals surface area contributed by atoms with Gasteiger partial charge in [-0.25, -0.2) is 0 Å². The van der Waals surface area contributed by atoms with E-state index in [9.17, 15) is 0 Å². The summed E-state index contributed by atoms with van der Waals surface area (Å²) >= 11 is 5.66. The lowest BCUT2D eigenvalue weighted by atomic mass is 9.89. The molecule has 0 amide bonds. The molecule has 3 aromatic rings. The van der Waals surface area contributed by atoms with E-state index >= 15 is 0 Å². The van der Waals surface area contributed by atoms with Gasteiger partial charge >= 0.3 is 0 Å². The Bertz CT molecular complexity index is 1080. The summed E-state index contributed by atoms with van der Waals surface area (Å²) in [5.41, 5.74) is 3.75. The first-order chi connectivity index (χ1) is 13.9. The second-order valence-corrected chi connectivity index (χ2v) is 8.38. The first-order valence-corrected chi connectivity index (χ1v) is 10.1. The Hall–Kier alpha value is -2.86. The minimum absolute atomic E-state index is 0.0660. The summed E-state index contributed by atoms with van der Waals surface area (Å²) in [6.45, 7) is 6.29. The largest absolute Gasteiger partial charge is 0.494 e. The fraction of sp³-hybridized carbons (Fsp3) is 0.304. The van der Waals surface area contributed by atoms with Gasteiger partial charge in [-0.2, -0.15) is 0 Å². The number of benzene rings is 2. The zero-order valence-electron chi connectivity index (χ0n) is 17.1. The van der Waals surface area contributed by atoms with Crippen molar-refractivity contribution in [3.63, 3.8) is 0 Å². The van der Waals surface area contributed by atoms with Crippen molar-refractivity contribution in [3.8, 4) is 11.5 Å². The molecule has 0 saturated heterocycles. The second-order valence-electron chi connectivity index (χ2n) is 7.97. The molecule has 5 nitrogen and oxygen atoms in total. The van der Waals surface area contributed by atoms with E-state index in [0.29, 0.717) is 5.11 Å². The molecule has 0 spiro atoms. The quantitative estimate of drug-likeness (QED) is 0.586. The van der Waals surface area contributed by atoms with Gasteiger partial charge in [0.05, 0.1) is 13.2 Å². The number of aryl methyl sites for hydroxylation is 1. The molecule has 1 atom stereocenters. The Balaban J connectivity index is 1.60. The van der Waals surface area contributed by atoms with Crippen molar-refractivity contribution in [2.75, 3.05) is 12.4 Å². The maximum absolute atomic E-state index is 6.16. The van der Waals surface area contributed by atoms with E-state index in [1.54, 1.807) is 13.3 Å². The maximum Gasteiger partial charge on any atom is 0.171 e. The molecule has 1 aliphatic heterocycles. The highest BCUT2D eigenvalue weighted by molar-refractivity contribution is 7.80. The second kappa shape index (κ2) is 7.52. The van der Waals surface area contributed by atoms with Crippen molar-refractivity contribution in [3.05, 3.63) is 59.8 Å². The predicted octanol–water partition coefficient (Wildman–Crippen LogP) is 5.14. The third-order valence-corrected chi connectivity index (χ3v) is 5.35. The van der Waals surface area contributed by atoms with Gasteiger partial charge in [-0.15, -0.1) is 0 Å². The smallest absolute Gasteiger partial charge is 0.171 e. The average molecular weight is 408 g/mol. The summed E-state index contributed by atoms with van der Waals surface area (Å²) in [5.74, 6) is 1.65. The highest BCUT2D eigenvalue weighted by atomic mass is 32.1. The number of hydrogen-bond acceptors (Lipinski definition) is 4. The zero-order valence-corrected chi connectivity index (χ0v) is 17.9. The Kier molecular flexibility index (Phi) is 5.04. The molecular formula is C23H25N3O2S. The van der Waals surface area contributed by atoms with Crippen molar-refractivity contribution >= 4 is 33.9 Å². The van der Waals surface area contributed by atoms with Crippen LogP contribution in [0, 0.1) is 6.92 Å².